The number of amides is 1. The largest absolute Gasteiger partial charge is 0.351 e. The first-order valence-electron chi connectivity index (χ1n) is 9.04. The molecule has 0 atom stereocenters. The number of pyridine rings is 1. The van der Waals surface area contributed by atoms with Crippen molar-refractivity contribution in [2.24, 2.45) is 5.92 Å². The number of hydrogen-bond donors (Lipinski definition) is 2. The van der Waals surface area contributed by atoms with Crippen LogP contribution in [-0.4, -0.2) is 34.7 Å². The fourth-order valence-corrected chi connectivity index (χ4v) is 4.70. The highest BCUT2D eigenvalue weighted by Crippen LogP contribution is 2.32. The lowest BCUT2D eigenvalue weighted by Crippen LogP contribution is -2.32. The third kappa shape index (κ3) is 3.40. The number of aromatic nitrogens is 2. The van der Waals surface area contributed by atoms with E-state index in [0.717, 1.165) is 40.5 Å². The minimum absolute atomic E-state index is 0.0673. The van der Waals surface area contributed by atoms with E-state index >= 15 is 0 Å². The van der Waals surface area contributed by atoms with Gasteiger partial charge in [0.15, 0.2) is 0 Å². The third-order valence-corrected chi connectivity index (χ3v) is 6.16. The van der Waals surface area contributed by atoms with Crippen LogP contribution in [-0.2, 0) is 4.79 Å². The molecular weight excluding hydrogens is 332 g/mol. The first kappa shape index (κ1) is 16.5. The van der Waals surface area contributed by atoms with Gasteiger partial charge in [0.2, 0.25) is 0 Å². The maximum Gasteiger partial charge on any atom is 0.259 e. The molecule has 2 aliphatic rings. The van der Waals surface area contributed by atoms with Crippen molar-refractivity contribution in [2.45, 2.75) is 32.6 Å². The Hall–Kier alpha value is -1.95. The molecular formula is C19H24N4OS. The van der Waals surface area contributed by atoms with E-state index in [-0.39, 0.29) is 5.91 Å². The molecule has 0 radical (unpaired) electrons. The summed E-state index contributed by atoms with van der Waals surface area (Å²) in [5, 5.41) is 4.27. The molecule has 3 heterocycles. The first-order chi connectivity index (χ1) is 12.2. The predicted molar refractivity (Wildman–Crippen MR) is 104 cm³/mol. The number of H-pyrrole nitrogens is 1. The van der Waals surface area contributed by atoms with Crippen LogP contribution >= 0.6 is 11.8 Å². The second-order valence-corrected chi connectivity index (χ2v) is 8.06. The number of nitrogens with zero attached hydrogens (tertiary/aromatic N) is 2. The first-order valence-corrected chi connectivity index (χ1v) is 10.0. The van der Waals surface area contributed by atoms with Crippen LogP contribution in [0.4, 0.5) is 5.69 Å². The molecule has 0 saturated heterocycles. The number of aromatic amines is 1. The number of anilines is 1. The van der Waals surface area contributed by atoms with Crippen molar-refractivity contribution in [1.82, 2.24) is 15.3 Å². The second-order valence-electron chi connectivity index (χ2n) is 6.92. The number of aryl methyl sites for hydroxylation is 1. The van der Waals surface area contributed by atoms with E-state index in [0.29, 0.717) is 5.92 Å². The summed E-state index contributed by atoms with van der Waals surface area (Å²) in [7, 11) is 0. The van der Waals surface area contributed by atoms with Gasteiger partial charge in [0.1, 0.15) is 5.65 Å². The monoisotopic (exact) mass is 356 g/mol. The Bertz CT molecular complexity index is 807. The van der Waals surface area contributed by atoms with Gasteiger partial charge in [-0.3, -0.25) is 4.79 Å². The van der Waals surface area contributed by atoms with Crippen molar-refractivity contribution in [3.63, 3.8) is 0 Å². The standard InChI is InChI=1S/C19H24N4OS/c1-13-10-21-18-17(13)15(6-7-20-18)23-8-9-25-16(12-23)19(24)22-11-14-4-2-3-5-14/h6-7,10,12,14H,2-5,8-9,11H2,1H3,(H,20,21)(H,22,24). The molecule has 0 spiro atoms. The zero-order valence-corrected chi connectivity index (χ0v) is 15.4. The molecule has 25 heavy (non-hydrogen) atoms. The highest BCUT2D eigenvalue weighted by molar-refractivity contribution is 8.04. The molecule has 1 amide bonds. The number of nitrogens with one attached hydrogen (secondary N) is 2. The van der Waals surface area contributed by atoms with E-state index < -0.39 is 0 Å². The molecule has 132 valence electrons. The number of carbonyl (C=O) groups is 1. The zero-order chi connectivity index (χ0) is 17.2. The maximum absolute atomic E-state index is 12.6. The van der Waals surface area contributed by atoms with E-state index in [1.54, 1.807) is 11.8 Å². The summed E-state index contributed by atoms with van der Waals surface area (Å²) in [5.74, 6) is 1.64. The Morgan fingerprint density at radius 1 is 1.44 bits per heavy atom. The van der Waals surface area contributed by atoms with Gasteiger partial charge in [-0.15, -0.1) is 11.8 Å². The Morgan fingerprint density at radius 2 is 2.28 bits per heavy atom. The molecule has 0 unspecified atom stereocenters. The lowest BCUT2D eigenvalue weighted by molar-refractivity contribution is -0.117. The van der Waals surface area contributed by atoms with Gasteiger partial charge < -0.3 is 15.2 Å². The lowest BCUT2D eigenvalue weighted by atomic mass is 10.1. The number of fused-ring (bicyclic) bond motifs is 1. The zero-order valence-electron chi connectivity index (χ0n) is 14.5. The van der Waals surface area contributed by atoms with E-state index in [1.807, 2.05) is 24.7 Å². The molecule has 1 fully saturated rings. The van der Waals surface area contributed by atoms with E-state index in [1.165, 1.54) is 31.2 Å². The highest BCUT2D eigenvalue weighted by atomic mass is 32.2. The summed E-state index contributed by atoms with van der Waals surface area (Å²) in [6.45, 7) is 3.79. The van der Waals surface area contributed by atoms with Gasteiger partial charge in [-0.2, -0.15) is 0 Å². The van der Waals surface area contributed by atoms with E-state index in [2.05, 4.69) is 27.1 Å². The molecule has 1 saturated carbocycles. The van der Waals surface area contributed by atoms with Gasteiger partial charge in [-0.25, -0.2) is 4.98 Å². The van der Waals surface area contributed by atoms with Gasteiger partial charge >= 0.3 is 0 Å². The number of thioether (sulfide) groups is 1. The van der Waals surface area contributed by atoms with Gasteiger partial charge in [0.05, 0.1) is 10.6 Å². The molecule has 1 aliphatic carbocycles. The second kappa shape index (κ2) is 7.12. The molecule has 2 aromatic heterocycles. The van der Waals surface area contributed by atoms with Crippen molar-refractivity contribution < 1.29 is 4.79 Å². The van der Waals surface area contributed by atoms with Crippen molar-refractivity contribution in [3.8, 4) is 0 Å². The van der Waals surface area contributed by atoms with Gasteiger partial charge in [-0.05, 0) is 37.3 Å². The van der Waals surface area contributed by atoms with Crippen LogP contribution in [0.1, 0.15) is 31.2 Å². The van der Waals surface area contributed by atoms with Crippen molar-refractivity contribution in [3.05, 3.63) is 35.1 Å². The summed E-state index contributed by atoms with van der Waals surface area (Å²) in [5.41, 5.74) is 3.19. The molecule has 5 nitrogen and oxygen atoms in total. The fraction of sp³-hybridized carbons (Fsp3) is 0.474. The molecule has 4 rings (SSSR count). The smallest absolute Gasteiger partial charge is 0.259 e. The van der Waals surface area contributed by atoms with Gasteiger partial charge in [0.25, 0.3) is 5.91 Å². The molecule has 1 aliphatic heterocycles. The third-order valence-electron chi connectivity index (χ3n) is 5.17. The van der Waals surface area contributed by atoms with E-state index in [9.17, 15) is 4.79 Å². The minimum atomic E-state index is 0.0673. The molecule has 0 bridgehead atoms. The number of carbonyl (C=O) groups excluding carboxylic acids is 1. The Morgan fingerprint density at radius 3 is 3.12 bits per heavy atom. The SMILES string of the molecule is Cc1c[nH]c2nccc(N3C=C(C(=O)NCC4CCCC4)SCC3)c12. The summed E-state index contributed by atoms with van der Waals surface area (Å²) < 4.78 is 0. The summed E-state index contributed by atoms with van der Waals surface area (Å²) in [4.78, 5) is 23.2. The highest BCUT2D eigenvalue weighted by Gasteiger charge is 2.22. The van der Waals surface area contributed by atoms with Crippen LogP contribution in [0.5, 0.6) is 0 Å². The van der Waals surface area contributed by atoms with Crippen LogP contribution in [0.2, 0.25) is 0 Å². The quantitative estimate of drug-likeness (QED) is 0.879. The van der Waals surface area contributed by atoms with Crippen LogP contribution < -0.4 is 10.2 Å². The summed E-state index contributed by atoms with van der Waals surface area (Å²) in [6.07, 6.45) is 10.9. The predicted octanol–water partition coefficient (Wildman–Crippen LogP) is 3.57. The van der Waals surface area contributed by atoms with Crippen LogP contribution in [0.15, 0.2) is 29.6 Å². The summed E-state index contributed by atoms with van der Waals surface area (Å²) >= 11 is 1.65. The topological polar surface area (TPSA) is 61.0 Å². The Kier molecular flexibility index (Phi) is 4.70. The Balaban J connectivity index is 1.53. The minimum Gasteiger partial charge on any atom is -0.351 e. The van der Waals surface area contributed by atoms with Gasteiger partial charge in [0, 0.05) is 42.8 Å². The van der Waals surface area contributed by atoms with Crippen molar-refractivity contribution in [1.29, 1.82) is 0 Å². The van der Waals surface area contributed by atoms with Crippen LogP contribution in [0, 0.1) is 12.8 Å². The molecule has 6 heteroatoms. The number of rotatable bonds is 4. The van der Waals surface area contributed by atoms with Crippen LogP contribution in [0.25, 0.3) is 11.0 Å². The maximum atomic E-state index is 12.6. The average molecular weight is 356 g/mol. The van der Waals surface area contributed by atoms with Crippen LogP contribution in [0.3, 0.4) is 0 Å². The fourth-order valence-electron chi connectivity index (χ4n) is 3.79. The van der Waals surface area contributed by atoms with Crippen molar-refractivity contribution >= 4 is 34.4 Å². The Labute approximate surface area is 152 Å². The normalized spacial score (nSPS) is 18.6. The van der Waals surface area contributed by atoms with E-state index in [4.69, 9.17) is 0 Å². The van der Waals surface area contributed by atoms with Gasteiger partial charge in [-0.1, -0.05) is 12.8 Å². The molecule has 0 aromatic carbocycles. The summed E-state index contributed by atoms with van der Waals surface area (Å²) in [6, 6.07) is 2.03. The molecule has 2 N–H and O–H groups in total. The van der Waals surface area contributed by atoms with Crippen molar-refractivity contribution in [2.75, 3.05) is 23.7 Å². The average Bonchev–Trinajstić information content (AvgIpc) is 3.30. The molecule has 2 aromatic rings. The lowest BCUT2D eigenvalue weighted by Gasteiger charge is -2.27. The number of hydrogen-bond acceptors (Lipinski definition) is 4.